The first kappa shape index (κ1) is 32.3. The Balaban J connectivity index is 2.12. The Hall–Kier alpha value is -3.18. The largest absolute Gasteiger partial charge is 0.354 e. The molecule has 1 atom stereocenters. The van der Waals surface area contributed by atoms with Gasteiger partial charge in [0.15, 0.2) is 0 Å². The van der Waals surface area contributed by atoms with E-state index in [-0.39, 0.29) is 23.7 Å². The third-order valence-corrected chi connectivity index (χ3v) is 8.71. The third-order valence-electron chi connectivity index (χ3n) is 6.32. The van der Waals surface area contributed by atoms with Crippen LogP contribution in [0, 0.1) is 5.82 Å². The average Bonchev–Trinajstić information content (AvgIpc) is 2.94. The van der Waals surface area contributed by atoms with E-state index in [2.05, 4.69) is 5.32 Å². The molecule has 220 valence electrons. The summed E-state index contributed by atoms with van der Waals surface area (Å²) < 4.78 is 43.1. The van der Waals surface area contributed by atoms with Crippen LogP contribution in [0.5, 0.6) is 0 Å². The Morgan fingerprint density at radius 3 is 2.24 bits per heavy atom. The molecule has 3 aromatic rings. The molecule has 0 saturated carbocycles. The molecule has 2 amide bonds. The van der Waals surface area contributed by atoms with Crippen LogP contribution < -0.4 is 9.62 Å². The van der Waals surface area contributed by atoms with Crippen LogP contribution in [-0.2, 0) is 32.8 Å². The van der Waals surface area contributed by atoms with Gasteiger partial charge < -0.3 is 10.2 Å². The first-order valence-electron chi connectivity index (χ1n) is 13.0. The predicted molar refractivity (Wildman–Crippen MR) is 161 cm³/mol. The molecule has 41 heavy (non-hydrogen) atoms. The van der Waals surface area contributed by atoms with Crippen molar-refractivity contribution in [2.45, 2.75) is 32.4 Å². The van der Waals surface area contributed by atoms with Gasteiger partial charge in [0.25, 0.3) is 0 Å². The van der Waals surface area contributed by atoms with Crippen LogP contribution in [0.2, 0.25) is 10.0 Å². The number of nitrogens with one attached hydrogen (secondary N) is 1. The number of carbonyl (C=O) groups excluding carboxylic acids is 2. The molecular weight excluding hydrogens is 590 g/mol. The molecule has 0 aromatic heterocycles. The Labute approximate surface area is 250 Å². The number of hydrogen-bond donors (Lipinski definition) is 1. The summed E-state index contributed by atoms with van der Waals surface area (Å²) in [5.74, 6) is -1.96. The van der Waals surface area contributed by atoms with Gasteiger partial charge in [0, 0.05) is 43.7 Å². The van der Waals surface area contributed by atoms with Crippen LogP contribution in [0.25, 0.3) is 0 Å². The fourth-order valence-electron chi connectivity index (χ4n) is 4.11. The van der Waals surface area contributed by atoms with Crippen LogP contribution in [-0.4, -0.2) is 62.7 Å². The average molecular weight is 624 g/mol. The van der Waals surface area contributed by atoms with E-state index in [1.807, 2.05) is 37.3 Å². The highest BCUT2D eigenvalue weighted by molar-refractivity contribution is 7.90. The van der Waals surface area contributed by atoms with Gasteiger partial charge in [-0.15, -0.1) is 0 Å². The van der Waals surface area contributed by atoms with Gasteiger partial charge in [0.2, 0.25) is 11.8 Å². The first-order chi connectivity index (χ1) is 19.4. The third kappa shape index (κ3) is 8.42. The second kappa shape index (κ2) is 14.6. The summed E-state index contributed by atoms with van der Waals surface area (Å²) in [7, 11) is -1.74. The first-order valence-corrected chi connectivity index (χ1v) is 15.1. The summed E-state index contributed by atoms with van der Waals surface area (Å²) >= 11 is 12.5. The van der Waals surface area contributed by atoms with Crippen molar-refractivity contribution in [1.82, 2.24) is 14.5 Å². The molecule has 12 heteroatoms. The molecule has 1 unspecified atom stereocenters. The molecule has 8 nitrogen and oxygen atoms in total. The zero-order valence-corrected chi connectivity index (χ0v) is 25.4. The number of halogens is 3. The quantitative estimate of drug-likeness (QED) is 0.293. The summed E-state index contributed by atoms with van der Waals surface area (Å²) in [5.41, 5.74) is 0.990. The van der Waals surface area contributed by atoms with Crippen LogP contribution in [0.3, 0.4) is 0 Å². The Bertz CT molecular complexity index is 1460. The van der Waals surface area contributed by atoms with E-state index >= 15 is 0 Å². The number of benzene rings is 3. The van der Waals surface area contributed by atoms with Crippen molar-refractivity contribution in [2.75, 3.05) is 31.5 Å². The van der Waals surface area contributed by atoms with Crippen molar-refractivity contribution in [3.05, 3.63) is 99.8 Å². The molecule has 0 saturated heterocycles. The van der Waals surface area contributed by atoms with Gasteiger partial charge in [-0.05, 0) is 41.8 Å². The zero-order valence-electron chi connectivity index (χ0n) is 23.1. The van der Waals surface area contributed by atoms with E-state index in [1.165, 1.54) is 43.3 Å². The lowest BCUT2D eigenvalue weighted by Crippen LogP contribution is -2.54. The molecule has 1 N–H and O–H groups in total. The standard InChI is InChI=1S/C29H33Cl2FN4O4S/c1-4-16-33-29(38)27(17-21-10-6-5-7-11-21)35(19-22-14-15-23(30)18-24(22)31)28(37)20-36(41(39,40)34(2)3)26-13-9-8-12-25(26)32/h5-15,18,27H,4,16-17,19-20H2,1-3H3,(H,33,38). The molecule has 0 spiro atoms. The number of rotatable bonds is 13. The molecule has 0 aliphatic rings. The number of nitrogens with zero attached hydrogens (tertiary/aromatic N) is 3. The summed E-state index contributed by atoms with van der Waals surface area (Å²) in [4.78, 5) is 29.0. The maximum absolute atomic E-state index is 14.9. The lowest BCUT2D eigenvalue weighted by atomic mass is 10.0. The molecule has 3 rings (SSSR count). The minimum absolute atomic E-state index is 0.126. The van der Waals surface area contributed by atoms with Gasteiger partial charge in [-0.2, -0.15) is 12.7 Å². The predicted octanol–water partition coefficient (Wildman–Crippen LogP) is 4.91. The fourth-order valence-corrected chi connectivity index (χ4v) is 5.64. The Morgan fingerprint density at radius 2 is 1.63 bits per heavy atom. The molecule has 0 aliphatic carbocycles. The van der Waals surface area contributed by atoms with E-state index in [4.69, 9.17) is 23.2 Å². The smallest absolute Gasteiger partial charge is 0.304 e. The minimum Gasteiger partial charge on any atom is -0.354 e. The van der Waals surface area contributed by atoms with Crippen molar-refractivity contribution >= 4 is 50.9 Å². The fraction of sp³-hybridized carbons (Fsp3) is 0.310. The highest BCUT2D eigenvalue weighted by atomic mass is 35.5. The molecule has 0 bridgehead atoms. The van der Waals surface area contributed by atoms with E-state index in [0.29, 0.717) is 27.9 Å². The Kier molecular flexibility index (Phi) is 11.5. The van der Waals surface area contributed by atoms with Crippen molar-refractivity contribution < 1.29 is 22.4 Å². The van der Waals surface area contributed by atoms with E-state index in [9.17, 15) is 22.4 Å². The van der Waals surface area contributed by atoms with Gasteiger partial charge in [0.05, 0.1) is 5.69 Å². The molecule has 0 aliphatic heterocycles. The van der Waals surface area contributed by atoms with Gasteiger partial charge in [-0.25, -0.2) is 8.70 Å². The van der Waals surface area contributed by atoms with Crippen LogP contribution in [0.15, 0.2) is 72.8 Å². The van der Waals surface area contributed by atoms with Gasteiger partial charge >= 0.3 is 10.2 Å². The van der Waals surface area contributed by atoms with E-state index in [1.54, 1.807) is 12.1 Å². The van der Waals surface area contributed by atoms with Crippen LogP contribution >= 0.6 is 23.2 Å². The number of anilines is 1. The number of amides is 2. The lowest BCUT2D eigenvalue weighted by Gasteiger charge is -2.34. The lowest BCUT2D eigenvalue weighted by molar-refractivity contribution is -0.140. The second-order valence-electron chi connectivity index (χ2n) is 9.50. The van der Waals surface area contributed by atoms with Crippen LogP contribution in [0.4, 0.5) is 10.1 Å². The highest BCUT2D eigenvalue weighted by Crippen LogP contribution is 2.26. The number of hydrogen-bond acceptors (Lipinski definition) is 4. The van der Waals surface area contributed by atoms with Crippen molar-refractivity contribution in [1.29, 1.82) is 0 Å². The van der Waals surface area contributed by atoms with Gasteiger partial charge in [-0.3, -0.25) is 9.59 Å². The summed E-state index contributed by atoms with van der Waals surface area (Å²) in [6.07, 6.45) is 0.816. The van der Waals surface area contributed by atoms with Gasteiger partial charge in [-0.1, -0.05) is 78.7 Å². The summed E-state index contributed by atoms with van der Waals surface area (Å²) in [6, 6.07) is 18.2. The Morgan fingerprint density at radius 1 is 0.976 bits per heavy atom. The molecule has 0 heterocycles. The molecular formula is C29H33Cl2FN4O4S. The molecule has 3 aromatic carbocycles. The monoisotopic (exact) mass is 622 g/mol. The number of carbonyl (C=O) groups is 2. The number of para-hydroxylation sites is 1. The highest BCUT2D eigenvalue weighted by Gasteiger charge is 2.35. The van der Waals surface area contributed by atoms with Crippen molar-refractivity contribution in [2.24, 2.45) is 0 Å². The van der Waals surface area contributed by atoms with Crippen molar-refractivity contribution in [3.8, 4) is 0 Å². The molecule has 0 radical (unpaired) electrons. The summed E-state index contributed by atoms with van der Waals surface area (Å²) in [5, 5.41) is 3.52. The summed E-state index contributed by atoms with van der Waals surface area (Å²) in [6.45, 7) is 1.39. The second-order valence-corrected chi connectivity index (χ2v) is 12.4. The SMILES string of the molecule is CCCNC(=O)C(Cc1ccccc1)N(Cc1ccc(Cl)cc1Cl)C(=O)CN(c1ccccc1F)S(=O)(=O)N(C)C. The van der Waals surface area contributed by atoms with Gasteiger partial charge in [0.1, 0.15) is 18.4 Å². The maximum atomic E-state index is 14.9. The zero-order chi connectivity index (χ0) is 30.2. The topological polar surface area (TPSA) is 90.0 Å². The van der Waals surface area contributed by atoms with E-state index in [0.717, 1.165) is 15.9 Å². The van der Waals surface area contributed by atoms with Crippen molar-refractivity contribution in [3.63, 3.8) is 0 Å². The minimum atomic E-state index is -4.31. The maximum Gasteiger partial charge on any atom is 0.304 e. The molecule has 0 fully saturated rings. The van der Waals surface area contributed by atoms with E-state index < -0.39 is 40.4 Å². The normalized spacial score (nSPS) is 12.2. The van der Waals surface area contributed by atoms with Crippen LogP contribution in [0.1, 0.15) is 24.5 Å².